The van der Waals surface area contributed by atoms with Crippen molar-refractivity contribution in [3.05, 3.63) is 146 Å². The van der Waals surface area contributed by atoms with E-state index in [0.717, 1.165) is 0 Å². The van der Waals surface area contributed by atoms with Gasteiger partial charge in [-0.25, -0.2) is 0 Å². The van der Waals surface area contributed by atoms with Crippen LogP contribution < -0.4 is 35.2 Å². The second-order valence-corrected chi connectivity index (χ2v) is 9.55. The molecule has 0 radical (unpaired) electrons. The van der Waals surface area contributed by atoms with Crippen molar-refractivity contribution < 1.29 is 23.7 Å². The number of rotatable bonds is 10. The summed E-state index contributed by atoms with van der Waals surface area (Å²) in [5, 5.41) is 0. The van der Waals surface area contributed by atoms with E-state index < -0.39 is 0 Å². The molecule has 0 bridgehead atoms. The molecule has 0 aliphatic rings. The lowest BCUT2D eigenvalue weighted by atomic mass is 10.3. The molecule has 6 aromatic rings. The van der Waals surface area contributed by atoms with Crippen LogP contribution in [0.4, 0.5) is 11.4 Å². The zero-order valence-corrected chi connectivity index (χ0v) is 23.1. The van der Waals surface area contributed by atoms with E-state index in [9.17, 15) is 0 Å². The average Bonchev–Trinajstić information content (AvgIpc) is 3.00. The van der Waals surface area contributed by atoms with Gasteiger partial charge in [-0.05, 0) is 97.1 Å². The van der Waals surface area contributed by atoms with Crippen LogP contribution in [0, 0.1) is 0 Å². The molecule has 0 spiro atoms. The molecule has 6 rings (SSSR count). The molecule has 0 heterocycles. The zero-order chi connectivity index (χ0) is 29.4. The highest BCUT2D eigenvalue weighted by molar-refractivity contribution is 5.47. The van der Waals surface area contributed by atoms with Crippen molar-refractivity contribution >= 4 is 11.4 Å². The van der Waals surface area contributed by atoms with Gasteiger partial charge >= 0.3 is 0 Å². The van der Waals surface area contributed by atoms with Crippen molar-refractivity contribution in [3.63, 3.8) is 0 Å². The molecule has 0 unspecified atom stereocenters. The number of anilines is 2. The minimum Gasteiger partial charge on any atom is -0.457 e. The predicted molar refractivity (Wildman–Crippen MR) is 168 cm³/mol. The van der Waals surface area contributed by atoms with Crippen molar-refractivity contribution in [2.75, 3.05) is 11.5 Å². The molecule has 6 aromatic carbocycles. The fourth-order valence-corrected chi connectivity index (χ4v) is 4.16. The summed E-state index contributed by atoms with van der Waals surface area (Å²) in [7, 11) is 0. The lowest BCUT2D eigenvalue weighted by molar-refractivity contribution is 0.445. The topological polar surface area (TPSA) is 98.2 Å². The maximum Gasteiger partial charge on any atom is 0.131 e. The van der Waals surface area contributed by atoms with Crippen LogP contribution >= 0.6 is 0 Å². The first-order valence-electron chi connectivity index (χ1n) is 13.5. The van der Waals surface area contributed by atoms with Gasteiger partial charge in [0.2, 0.25) is 0 Å². The maximum atomic E-state index is 6.13. The summed E-state index contributed by atoms with van der Waals surface area (Å²) in [5.74, 6) is 6.39. The lowest BCUT2D eigenvalue weighted by Crippen LogP contribution is -1.90. The van der Waals surface area contributed by atoms with Gasteiger partial charge < -0.3 is 35.2 Å². The van der Waals surface area contributed by atoms with Crippen LogP contribution in [0.3, 0.4) is 0 Å². The highest BCUT2D eigenvalue weighted by atomic mass is 16.5. The first kappa shape index (κ1) is 27.1. The Morgan fingerprint density at radius 1 is 0.256 bits per heavy atom. The van der Waals surface area contributed by atoms with E-state index in [2.05, 4.69) is 0 Å². The molecule has 43 heavy (non-hydrogen) atoms. The number of hydrogen-bond donors (Lipinski definition) is 2. The third-order valence-electron chi connectivity index (χ3n) is 6.16. The highest BCUT2D eigenvalue weighted by Crippen LogP contribution is 2.34. The average molecular weight is 569 g/mol. The number of nitrogen functional groups attached to an aromatic ring is 2. The summed E-state index contributed by atoms with van der Waals surface area (Å²) >= 11 is 0. The molecule has 0 fully saturated rings. The summed E-state index contributed by atoms with van der Waals surface area (Å²) in [6, 6.07) is 44.1. The van der Waals surface area contributed by atoms with E-state index in [1.807, 2.05) is 121 Å². The van der Waals surface area contributed by atoms with E-state index in [1.165, 1.54) is 0 Å². The van der Waals surface area contributed by atoms with Crippen molar-refractivity contribution in [2.24, 2.45) is 0 Å². The minimum absolute atomic E-state index is 0.614. The molecule has 0 saturated heterocycles. The second-order valence-electron chi connectivity index (χ2n) is 9.55. The Labute approximate surface area is 249 Å². The molecule has 0 saturated carbocycles. The summed E-state index contributed by atoms with van der Waals surface area (Å²) < 4.78 is 30.2. The van der Waals surface area contributed by atoms with Gasteiger partial charge in [-0.1, -0.05) is 24.3 Å². The van der Waals surface area contributed by atoms with E-state index in [1.54, 1.807) is 24.3 Å². The van der Waals surface area contributed by atoms with E-state index in [0.29, 0.717) is 68.9 Å². The first-order chi connectivity index (χ1) is 21.0. The van der Waals surface area contributed by atoms with Crippen molar-refractivity contribution in [3.8, 4) is 57.5 Å². The van der Waals surface area contributed by atoms with Crippen LogP contribution in [-0.2, 0) is 0 Å². The standard InChI is InChI=1S/C36H28N2O5/c37-25-13-17-27(18-14-25)39-29-5-1-7-31(21-29)41-33-9-3-11-35(23-33)43-36-12-4-10-34(24-36)42-32-8-2-6-30(22-32)40-28-19-15-26(38)16-20-28/h1-24H,37-38H2. The smallest absolute Gasteiger partial charge is 0.131 e. The first-order valence-corrected chi connectivity index (χ1v) is 13.5. The number of benzene rings is 6. The lowest BCUT2D eigenvalue weighted by Gasteiger charge is -2.12. The van der Waals surface area contributed by atoms with Crippen LogP contribution in [0.25, 0.3) is 0 Å². The SMILES string of the molecule is Nc1ccc(Oc2cccc(Oc3cccc(Oc4cccc(Oc5cccc(Oc6ccc(N)cc6)c5)c4)c3)c2)cc1. The van der Waals surface area contributed by atoms with Crippen molar-refractivity contribution in [1.29, 1.82) is 0 Å². The third-order valence-corrected chi connectivity index (χ3v) is 6.16. The quantitative estimate of drug-likeness (QED) is 0.159. The fraction of sp³-hybridized carbons (Fsp3) is 0. The zero-order valence-electron chi connectivity index (χ0n) is 23.1. The molecular weight excluding hydrogens is 540 g/mol. The molecule has 0 aliphatic heterocycles. The van der Waals surface area contributed by atoms with Gasteiger partial charge in [0.1, 0.15) is 57.5 Å². The Morgan fingerprint density at radius 2 is 0.465 bits per heavy atom. The van der Waals surface area contributed by atoms with Gasteiger partial charge in [0.15, 0.2) is 0 Å². The monoisotopic (exact) mass is 568 g/mol. The molecule has 0 aromatic heterocycles. The molecule has 4 N–H and O–H groups in total. The molecular formula is C36H28N2O5. The van der Waals surface area contributed by atoms with E-state index >= 15 is 0 Å². The molecule has 7 heteroatoms. The minimum atomic E-state index is 0.614. The Morgan fingerprint density at radius 3 is 0.698 bits per heavy atom. The molecule has 212 valence electrons. The summed E-state index contributed by atoms with van der Waals surface area (Å²) in [6.45, 7) is 0. The van der Waals surface area contributed by atoms with Gasteiger partial charge in [-0.3, -0.25) is 0 Å². The predicted octanol–water partition coefficient (Wildman–Crippen LogP) is 9.81. The Bertz CT molecular complexity index is 1690. The number of nitrogens with two attached hydrogens (primary N) is 2. The number of ether oxygens (including phenoxy) is 5. The van der Waals surface area contributed by atoms with Gasteiger partial charge in [0, 0.05) is 35.6 Å². The number of hydrogen-bond acceptors (Lipinski definition) is 7. The van der Waals surface area contributed by atoms with Gasteiger partial charge in [-0.15, -0.1) is 0 Å². The Hall–Kier alpha value is -6.08. The molecule has 0 amide bonds. The second kappa shape index (κ2) is 12.6. The highest BCUT2D eigenvalue weighted by Gasteiger charge is 2.07. The summed E-state index contributed by atoms with van der Waals surface area (Å²) in [6.07, 6.45) is 0. The Kier molecular flexibility index (Phi) is 7.95. The van der Waals surface area contributed by atoms with Crippen molar-refractivity contribution in [2.45, 2.75) is 0 Å². The van der Waals surface area contributed by atoms with E-state index in [4.69, 9.17) is 35.2 Å². The fourth-order valence-electron chi connectivity index (χ4n) is 4.16. The van der Waals surface area contributed by atoms with Crippen LogP contribution in [-0.4, -0.2) is 0 Å². The largest absolute Gasteiger partial charge is 0.457 e. The van der Waals surface area contributed by atoms with Gasteiger partial charge in [-0.2, -0.15) is 0 Å². The van der Waals surface area contributed by atoms with Crippen molar-refractivity contribution in [1.82, 2.24) is 0 Å². The normalized spacial score (nSPS) is 10.5. The molecule has 7 nitrogen and oxygen atoms in total. The molecule has 0 atom stereocenters. The van der Waals surface area contributed by atoms with Crippen LogP contribution in [0.1, 0.15) is 0 Å². The third kappa shape index (κ3) is 7.56. The Balaban J connectivity index is 1.10. The van der Waals surface area contributed by atoms with E-state index in [-0.39, 0.29) is 0 Å². The van der Waals surface area contributed by atoms with Crippen LogP contribution in [0.2, 0.25) is 0 Å². The maximum absolute atomic E-state index is 6.13. The summed E-state index contributed by atoms with van der Waals surface area (Å²) in [4.78, 5) is 0. The van der Waals surface area contributed by atoms with Gasteiger partial charge in [0.05, 0.1) is 0 Å². The summed E-state index contributed by atoms with van der Waals surface area (Å²) in [5.41, 5.74) is 12.9. The van der Waals surface area contributed by atoms with Gasteiger partial charge in [0.25, 0.3) is 0 Å². The van der Waals surface area contributed by atoms with Crippen LogP contribution in [0.15, 0.2) is 146 Å². The molecule has 0 aliphatic carbocycles. The van der Waals surface area contributed by atoms with Crippen LogP contribution in [0.5, 0.6) is 57.5 Å².